The second-order valence-corrected chi connectivity index (χ2v) is 5.19. The standard InChI is InChI=1S/C16H20N2O/c1-4-13-5-6-16(14(9-13)10-17)18-15-7-11(2)19-12(3)8-15/h4-6,9,11-12,15,18H,1,7-8H2,2-3H3. The van der Waals surface area contributed by atoms with Gasteiger partial charge in [-0.05, 0) is 44.4 Å². The fraction of sp³-hybridized carbons (Fsp3) is 0.438. The first-order valence-corrected chi connectivity index (χ1v) is 6.71. The van der Waals surface area contributed by atoms with Gasteiger partial charge in [-0.15, -0.1) is 0 Å². The predicted molar refractivity (Wildman–Crippen MR) is 77.9 cm³/mol. The Hall–Kier alpha value is -1.79. The molecule has 1 aromatic rings. The Morgan fingerprint density at radius 3 is 2.63 bits per heavy atom. The highest BCUT2D eigenvalue weighted by Gasteiger charge is 2.24. The van der Waals surface area contributed by atoms with Crippen molar-refractivity contribution in [3.8, 4) is 6.07 Å². The number of ether oxygens (including phenoxy) is 1. The van der Waals surface area contributed by atoms with Crippen LogP contribution >= 0.6 is 0 Å². The molecule has 0 bridgehead atoms. The molecule has 3 nitrogen and oxygen atoms in total. The van der Waals surface area contributed by atoms with Crippen molar-refractivity contribution < 1.29 is 4.74 Å². The lowest BCUT2D eigenvalue weighted by atomic mass is 9.99. The molecule has 3 heteroatoms. The van der Waals surface area contributed by atoms with Crippen LogP contribution in [0.3, 0.4) is 0 Å². The lowest BCUT2D eigenvalue weighted by molar-refractivity contribution is -0.0337. The van der Waals surface area contributed by atoms with Crippen LogP contribution in [0.15, 0.2) is 24.8 Å². The maximum atomic E-state index is 9.22. The van der Waals surface area contributed by atoms with E-state index in [1.807, 2.05) is 18.2 Å². The van der Waals surface area contributed by atoms with E-state index in [1.165, 1.54) is 0 Å². The van der Waals surface area contributed by atoms with Crippen LogP contribution in [0.4, 0.5) is 5.69 Å². The summed E-state index contributed by atoms with van der Waals surface area (Å²) in [6.45, 7) is 7.91. The van der Waals surface area contributed by atoms with Gasteiger partial charge in [0, 0.05) is 6.04 Å². The highest BCUT2D eigenvalue weighted by Crippen LogP contribution is 2.25. The summed E-state index contributed by atoms with van der Waals surface area (Å²) in [5, 5.41) is 12.7. The molecule has 2 rings (SSSR count). The van der Waals surface area contributed by atoms with E-state index in [0.29, 0.717) is 11.6 Å². The minimum absolute atomic E-state index is 0.263. The van der Waals surface area contributed by atoms with Crippen molar-refractivity contribution in [3.05, 3.63) is 35.9 Å². The van der Waals surface area contributed by atoms with Gasteiger partial charge in [-0.25, -0.2) is 0 Å². The number of benzene rings is 1. The van der Waals surface area contributed by atoms with Gasteiger partial charge in [-0.2, -0.15) is 5.26 Å². The van der Waals surface area contributed by atoms with E-state index < -0.39 is 0 Å². The summed E-state index contributed by atoms with van der Waals surface area (Å²) in [5.41, 5.74) is 2.54. The molecule has 2 unspecified atom stereocenters. The molecule has 0 aliphatic carbocycles. The molecule has 1 saturated heterocycles. The topological polar surface area (TPSA) is 45.0 Å². The van der Waals surface area contributed by atoms with E-state index in [-0.39, 0.29) is 12.2 Å². The molecule has 0 aromatic heterocycles. The fourth-order valence-electron chi connectivity index (χ4n) is 2.65. The van der Waals surface area contributed by atoms with Gasteiger partial charge >= 0.3 is 0 Å². The number of nitriles is 1. The number of nitrogens with one attached hydrogen (secondary N) is 1. The summed E-state index contributed by atoms with van der Waals surface area (Å²) in [6.07, 6.45) is 4.22. The monoisotopic (exact) mass is 256 g/mol. The van der Waals surface area contributed by atoms with Gasteiger partial charge in [-0.3, -0.25) is 0 Å². The Bertz CT molecular complexity index is 494. The molecule has 2 atom stereocenters. The van der Waals surface area contributed by atoms with Crippen molar-refractivity contribution in [2.45, 2.75) is 44.9 Å². The second kappa shape index (κ2) is 5.90. The first-order valence-electron chi connectivity index (χ1n) is 6.71. The molecule has 1 aliphatic rings. The largest absolute Gasteiger partial charge is 0.381 e. The zero-order valence-corrected chi connectivity index (χ0v) is 11.5. The van der Waals surface area contributed by atoms with Crippen LogP contribution in [-0.4, -0.2) is 18.2 Å². The molecule has 100 valence electrons. The van der Waals surface area contributed by atoms with Crippen LogP contribution in [0.25, 0.3) is 6.08 Å². The van der Waals surface area contributed by atoms with Crippen molar-refractivity contribution in [2.75, 3.05) is 5.32 Å². The molecule has 1 N–H and O–H groups in total. The summed E-state index contributed by atoms with van der Waals surface area (Å²) >= 11 is 0. The quantitative estimate of drug-likeness (QED) is 0.899. The highest BCUT2D eigenvalue weighted by atomic mass is 16.5. The van der Waals surface area contributed by atoms with Crippen molar-refractivity contribution in [2.24, 2.45) is 0 Å². The number of rotatable bonds is 3. The SMILES string of the molecule is C=Cc1ccc(NC2CC(C)OC(C)C2)c(C#N)c1. The van der Waals surface area contributed by atoms with Gasteiger partial charge in [0.2, 0.25) is 0 Å². The van der Waals surface area contributed by atoms with Gasteiger partial charge < -0.3 is 10.1 Å². The Balaban J connectivity index is 2.14. The third-order valence-electron chi connectivity index (χ3n) is 3.46. The average Bonchev–Trinajstić information content (AvgIpc) is 2.38. The van der Waals surface area contributed by atoms with Crippen LogP contribution in [0.2, 0.25) is 0 Å². The lowest BCUT2D eigenvalue weighted by Gasteiger charge is -2.33. The molecule has 1 aliphatic heterocycles. The van der Waals surface area contributed by atoms with Gasteiger partial charge in [0.15, 0.2) is 0 Å². The van der Waals surface area contributed by atoms with E-state index in [2.05, 4.69) is 31.8 Å². The maximum absolute atomic E-state index is 9.22. The molecule has 1 fully saturated rings. The smallest absolute Gasteiger partial charge is 0.101 e. The molecule has 0 saturated carbocycles. The van der Waals surface area contributed by atoms with E-state index in [1.54, 1.807) is 6.08 Å². The molecule has 0 radical (unpaired) electrons. The van der Waals surface area contributed by atoms with Crippen molar-refractivity contribution in [1.29, 1.82) is 5.26 Å². The Morgan fingerprint density at radius 1 is 1.37 bits per heavy atom. The average molecular weight is 256 g/mol. The minimum Gasteiger partial charge on any atom is -0.381 e. The molecule has 1 aromatic carbocycles. The normalized spacial score (nSPS) is 26.5. The van der Waals surface area contributed by atoms with Crippen molar-refractivity contribution in [1.82, 2.24) is 0 Å². The van der Waals surface area contributed by atoms with E-state index in [0.717, 1.165) is 24.1 Å². The molecular formula is C16H20N2O. The van der Waals surface area contributed by atoms with Gasteiger partial charge in [-0.1, -0.05) is 18.7 Å². The van der Waals surface area contributed by atoms with Crippen LogP contribution < -0.4 is 5.32 Å². The molecule has 19 heavy (non-hydrogen) atoms. The molecular weight excluding hydrogens is 236 g/mol. The third kappa shape index (κ3) is 3.36. The fourth-order valence-corrected chi connectivity index (χ4v) is 2.65. The summed E-state index contributed by atoms with van der Waals surface area (Å²) in [7, 11) is 0. The first kappa shape index (κ1) is 13.6. The van der Waals surface area contributed by atoms with Gasteiger partial charge in [0.25, 0.3) is 0 Å². The van der Waals surface area contributed by atoms with Crippen LogP contribution in [0, 0.1) is 11.3 Å². The summed E-state index contributed by atoms with van der Waals surface area (Å²) in [5.74, 6) is 0. The van der Waals surface area contributed by atoms with Crippen molar-refractivity contribution >= 4 is 11.8 Å². The van der Waals surface area contributed by atoms with Crippen LogP contribution in [0.5, 0.6) is 0 Å². The van der Waals surface area contributed by atoms with Crippen molar-refractivity contribution in [3.63, 3.8) is 0 Å². The lowest BCUT2D eigenvalue weighted by Crippen LogP contribution is -2.37. The molecule has 1 heterocycles. The summed E-state index contributed by atoms with van der Waals surface area (Å²) < 4.78 is 5.73. The zero-order valence-electron chi connectivity index (χ0n) is 11.5. The van der Waals surface area contributed by atoms with Gasteiger partial charge in [0.05, 0.1) is 23.5 Å². The van der Waals surface area contributed by atoms with Gasteiger partial charge in [0.1, 0.15) is 6.07 Å². The van der Waals surface area contributed by atoms with Crippen LogP contribution in [-0.2, 0) is 4.74 Å². The Kier molecular flexibility index (Phi) is 4.24. The summed E-state index contributed by atoms with van der Waals surface area (Å²) in [4.78, 5) is 0. The Labute approximate surface area is 114 Å². The number of anilines is 1. The number of hydrogen-bond donors (Lipinski definition) is 1. The predicted octanol–water partition coefficient (Wildman–Crippen LogP) is 3.57. The molecule has 0 amide bonds. The summed E-state index contributed by atoms with van der Waals surface area (Å²) in [6, 6.07) is 8.40. The number of nitrogens with zero attached hydrogens (tertiary/aromatic N) is 1. The highest BCUT2D eigenvalue weighted by molar-refractivity contribution is 5.63. The van der Waals surface area contributed by atoms with E-state index in [9.17, 15) is 5.26 Å². The zero-order chi connectivity index (χ0) is 13.8. The molecule has 0 spiro atoms. The Morgan fingerprint density at radius 2 is 2.05 bits per heavy atom. The van der Waals surface area contributed by atoms with Crippen LogP contribution in [0.1, 0.15) is 37.8 Å². The van der Waals surface area contributed by atoms with E-state index >= 15 is 0 Å². The maximum Gasteiger partial charge on any atom is 0.101 e. The minimum atomic E-state index is 0.263. The first-order chi connectivity index (χ1) is 9.12. The number of hydrogen-bond acceptors (Lipinski definition) is 3. The third-order valence-corrected chi connectivity index (χ3v) is 3.46. The van der Waals surface area contributed by atoms with E-state index in [4.69, 9.17) is 4.74 Å². The second-order valence-electron chi connectivity index (χ2n) is 5.19.